The van der Waals surface area contributed by atoms with E-state index in [4.69, 9.17) is 42.1 Å². The molecule has 260 valence electrons. The largest absolute Gasteiger partial charge is 0.481 e. The Kier molecular flexibility index (Phi) is 12.2. The van der Waals surface area contributed by atoms with Crippen molar-refractivity contribution in [2.75, 3.05) is 21.3 Å². The van der Waals surface area contributed by atoms with Gasteiger partial charge in [-0.15, -0.1) is 0 Å². The van der Waals surface area contributed by atoms with E-state index in [-0.39, 0.29) is 31.1 Å². The van der Waals surface area contributed by atoms with Crippen LogP contribution in [-0.2, 0) is 31.1 Å². The lowest BCUT2D eigenvalue weighted by atomic mass is 9.92. The van der Waals surface area contributed by atoms with E-state index in [1.165, 1.54) is 0 Å². The van der Waals surface area contributed by atoms with Crippen LogP contribution in [0.1, 0.15) is 52.6 Å². The van der Waals surface area contributed by atoms with Crippen molar-refractivity contribution in [1.82, 2.24) is 20.6 Å². The van der Waals surface area contributed by atoms with Crippen molar-refractivity contribution < 1.29 is 28.8 Å². The molecule has 0 amide bonds. The monoisotopic (exact) mass is 708 g/mol. The SMILES string of the molecule is CNCc1cc(Cl)c(OCc2cccc(-c3cccc(COc4nc(OC)c(CN[C@@H]5CC[C@H](C(=O)O)C5)cc4Cl)c3C)c2C)nc1OC. The van der Waals surface area contributed by atoms with E-state index in [2.05, 4.69) is 46.6 Å². The zero-order chi connectivity index (χ0) is 35.1. The number of rotatable bonds is 15. The van der Waals surface area contributed by atoms with Gasteiger partial charge < -0.3 is 34.7 Å². The number of hydrogen-bond donors (Lipinski definition) is 3. The average Bonchev–Trinajstić information content (AvgIpc) is 3.57. The van der Waals surface area contributed by atoms with E-state index < -0.39 is 5.97 Å². The number of carbonyl (C=O) groups is 1. The molecular weight excluding hydrogens is 667 g/mol. The number of carboxylic acid groups (broad SMARTS) is 1. The minimum absolute atomic E-state index is 0.118. The summed E-state index contributed by atoms with van der Waals surface area (Å²) in [5.41, 5.74) is 7.91. The smallest absolute Gasteiger partial charge is 0.306 e. The molecule has 3 N–H and O–H groups in total. The number of carboxylic acids is 1. The van der Waals surface area contributed by atoms with Gasteiger partial charge in [0.25, 0.3) is 0 Å². The van der Waals surface area contributed by atoms with Crippen LogP contribution in [0.4, 0.5) is 0 Å². The summed E-state index contributed by atoms with van der Waals surface area (Å²) in [5, 5.41) is 16.6. The molecule has 2 aromatic heterocycles. The Morgan fingerprint density at radius 2 is 1.31 bits per heavy atom. The Hall–Kier alpha value is -4.09. The summed E-state index contributed by atoms with van der Waals surface area (Å²) >= 11 is 13.1. The quantitative estimate of drug-likeness (QED) is 0.116. The lowest BCUT2D eigenvalue weighted by Crippen LogP contribution is -2.27. The molecule has 0 spiro atoms. The van der Waals surface area contributed by atoms with Crippen molar-refractivity contribution in [3.8, 4) is 34.6 Å². The Bertz CT molecular complexity index is 1800. The van der Waals surface area contributed by atoms with Gasteiger partial charge in [-0.3, -0.25) is 4.79 Å². The minimum Gasteiger partial charge on any atom is -0.481 e. The summed E-state index contributed by atoms with van der Waals surface area (Å²) < 4.78 is 23.2. The zero-order valence-electron chi connectivity index (χ0n) is 28.4. The van der Waals surface area contributed by atoms with Gasteiger partial charge >= 0.3 is 5.97 Å². The number of benzene rings is 2. The molecule has 49 heavy (non-hydrogen) atoms. The van der Waals surface area contributed by atoms with Gasteiger partial charge in [0.05, 0.1) is 20.1 Å². The van der Waals surface area contributed by atoms with E-state index >= 15 is 0 Å². The highest BCUT2D eigenvalue weighted by Gasteiger charge is 2.29. The summed E-state index contributed by atoms with van der Waals surface area (Å²) in [6, 6.07) is 16.0. The molecule has 0 radical (unpaired) electrons. The van der Waals surface area contributed by atoms with Crippen LogP contribution in [0.2, 0.25) is 10.0 Å². The standard InChI is InChI=1S/C37H42Cl2N4O6/c1-21-24(19-48-35-31(38)15-26(17-40-3)33(42-35)46-4)8-6-10-29(21)30-11-7-9-25(22(30)2)20-49-36-32(39)16-27(34(43-36)47-5)18-41-28-13-12-23(14-28)37(44)45/h6-11,15-16,23,28,40-41H,12-14,17-20H2,1-5H3,(H,44,45)/t23-,28+/m0/s1. The predicted octanol–water partition coefficient (Wildman–Crippen LogP) is 7.30. The normalized spacial score (nSPS) is 15.7. The number of halogens is 2. The fourth-order valence-electron chi connectivity index (χ4n) is 6.19. The molecule has 0 unspecified atom stereocenters. The van der Waals surface area contributed by atoms with Crippen molar-refractivity contribution in [2.45, 2.75) is 65.5 Å². The van der Waals surface area contributed by atoms with Crippen LogP contribution in [0.5, 0.6) is 23.5 Å². The Labute approximate surface area is 297 Å². The number of aromatic nitrogens is 2. The first-order valence-electron chi connectivity index (χ1n) is 16.1. The summed E-state index contributed by atoms with van der Waals surface area (Å²) in [7, 11) is 4.97. The highest BCUT2D eigenvalue weighted by molar-refractivity contribution is 6.32. The van der Waals surface area contributed by atoms with Crippen LogP contribution in [0.25, 0.3) is 11.1 Å². The second-order valence-electron chi connectivity index (χ2n) is 12.1. The molecule has 0 saturated heterocycles. The zero-order valence-corrected chi connectivity index (χ0v) is 29.9. The van der Waals surface area contributed by atoms with Crippen molar-refractivity contribution in [2.24, 2.45) is 5.92 Å². The third-order valence-electron chi connectivity index (χ3n) is 8.99. The molecular formula is C37H42Cl2N4O6. The Balaban J connectivity index is 1.28. The Morgan fingerprint density at radius 1 is 0.796 bits per heavy atom. The lowest BCUT2D eigenvalue weighted by Gasteiger charge is -2.18. The van der Waals surface area contributed by atoms with Gasteiger partial charge in [0, 0.05) is 30.3 Å². The number of nitrogens with one attached hydrogen (secondary N) is 2. The van der Waals surface area contributed by atoms with Crippen LogP contribution >= 0.6 is 23.2 Å². The molecule has 2 atom stereocenters. The molecule has 1 aliphatic rings. The second kappa shape index (κ2) is 16.5. The highest BCUT2D eigenvalue weighted by Crippen LogP contribution is 2.35. The summed E-state index contributed by atoms with van der Waals surface area (Å²) in [6.07, 6.45) is 2.08. The molecule has 0 aliphatic heterocycles. The maximum atomic E-state index is 11.3. The van der Waals surface area contributed by atoms with Crippen molar-refractivity contribution in [3.63, 3.8) is 0 Å². The Morgan fingerprint density at radius 3 is 1.76 bits per heavy atom. The van der Waals surface area contributed by atoms with Crippen molar-refractivity contribution >= 4 is 29.2 Å². The minimum atomic E-state index is -0.741. The topological polar surface area (TPSA) is 124 Å². The lowest BCUT2D eigenvalue weighted by molar-refractivity contribution is -0.141. The van der Waals surface area contributed by atoms with E-state index in [9.17, 15) is 9.90 Å². The van der Waals surface area contributed by atoms with E-state index in [1.54, 1.807) is 26.4 Å². The van der Waals surface area contributed by atoms with E-state index in [0.717, 1.165) is 50.9 Å². The fraction of sp³-hybridized carbons (Fsp3) is 0.378. The highest BCUT2D eigenvalue weighted by atomic mass is 35.5. The van der Waals surface area contributed by atoms with Gasteiger partial charge in [-0.1, -0.05) is 59.6 Å². The van der Waals surface area contributed by atoms with Gasteiger partial charge in [0.15, 0.2) is 0 Å². The number of aliphatic carboxylic acids is 1. The first kappa shape index (κ1) is 36.2. The first-order chi connectivity index (χ1) is 23.6. The fourth-order valence-corrected chi connectivity index (χ4v) is 6.65. The summed E-state index contributed by atoms with van der Waals surface area (Å²) in [4.78, 5) is 20.4. The third-order valence-corrected chi connectivity index (χ3v) is 9.54. The number of ether oxygens (including phenoxy) is 4. The molecule has 1 fully saturated rings. The molecule has 2 heterocycles. The maximum Gasteiger partial charge on any atom is 0.306 e. The van der Waals surface area contributed by atoms with Gasteiger partial charge in [-0.25, -0.2) is 0 Å². The van der Waals surface area contributed by atoms with Gasteiger partial charge in [-0.2, -0.15) is 9.97 Å². The first-order valence-corrected chi connectivity index (χ1v) is 16.9. The molecule has 1 aliphatic carbocycles. The van der Waals surface area contributed by atoms with E-state index in [0.29, 0.717) is 53.6 Å². The third kappa shape index (κ3) is 8.56. The van der Waals surface area contributed by atoms with Crippen molar-refractivity contribution in [3.05, 3.63) is 92.0 Å². The summed E-state index contributed by atoms with van der Waals surface area (Å²) in [6.45, 7) is 5.71. The van der Waals surface area contributed by atoms with Crippen LogP contribution in [-0.4, -0.2) is 48.4 Å². The van der Waals surface area contributed by atoms with Gasteiger partial charge in [-0.05, 0) is 85.7 Å². The van der Waals surface area contributed by atoms with Crippen LogP contribution in [0.3, 0.4) is 0 Å². The summed E-state index contributed by atoms with van der Waals surface area (Å²) in [5.74, 6) is 0.415. The van der Waals surface area contributed by atoms with E-state index in [1.807, 2.05) is 31.3 Å². The molecule has 2 aromatic carbocycles. The molecule has 1 saturated carbocycles. The number of pyridine rings is 2. The van der Waals surface area contributed by atoms with Crippen LogP contribution in [0, 0.1) is 19.8 Å². The molecule has 5 rings (SSSR count). The number of hydrogen-bond acceptors (Lipinski definition) is 9. The molecule has 10 nitrogen and oxygen atoms in total. The van der Waals surface area contributed by atoms with Crippen molar-refractivity contribution in [1.29, 1.82) is 0 Å². The predicted molar refractivity (Wildman–Crippen MR) is 190 cm³/mol. The molecule has 0 bridgehead atoms. The average molecular weight is 710 g/mol. The number of nitrogens with zero attached hydrogens (tertiary/aromatic N) is 2. The number of methoxy groups -OCH3 is 2. The molecule has 12 heteroatoms. The second-order valence-corrected chi connectivity index (χ2v) is 12.9. The molecule has 4 aromatic rings. The van der Waals surface area contributed by atoms with Gasteiger partial charge in [0.2, 0.25) is 23.5 Å². The van der Waals surface area contributed by atoms with Gasteiger partial charge in [0.1, 0.15) is 23.3 Å². The van der Waals surface area contributed by atoms with Crippen LogP contribution < -0.4 is 29.6 Å². The van der Waals surface area contributed by atoms with Crippen LogP contribution in [0.15, 0.2) is 48.5 Å². The maximum absolute atomic E-state index is 11.3.